The van der Waals surface area contributed by atoms with Crippen LogP contribution in [0.15, 0.2) is 36.4 Å². The molecule has 0 atom stereocenters. The number of methoxy groups -OCH3 is 2. The fraction of sp³-hybridized carbons (Fsp3) is 0.200. The molecule has 1 aliphatic rings. The van der Waals surface area contributed by atoms with Crippen molar-refractivity contribution in [2.45, 2.75) is 12.8 Å². The number of ether oxygens (including phenoxy) is 2. The van der Waals surface area contributed by atoms with Gasteiger partial charge in [0, 0.05) is 16.8 Å². The molecule has 1 aromatic heterocycles. The lowest BCUT2D eigenvalue weighted by molar-refractivity contribution is 0.102. The summed E-state index contributed by atoms with van der Waals surface area (Å²) >= 11 is 6.13. The number of anilines is 1. The fourth-order valence-corrected chi connectivity index (χ4v) is 3.61. The maximum absolute atomic E-state index is 12.7. The van der Waals surface area contributed by atoms with E-state index in [1.807, 2.05) is 18.2 Å². The Morgan fingerprint density at radius 2 is 2.00 bits per heavy atom. The Balaban J connectivity index is 1.62. The first-order valence-electron chi connectivity index (χ1n) is 8.50. The van der Waals surface area contributed by atoms with Crippen LogP contribution in [0.4, 0.5) is 5.69 Å². The zero-order chi connectivity index (χ0) is 19.0. The Morgan fingerprint density at radius 3 is 2.74 bits per heavy atom. The van der Waals surface area contributed by atoms with Crippen LogP contribution < -0.4 is 14.8 Å². The van der Waals surface area contributed by atoms with Crippen molar-refractivity contribution in [3.8, 4) is 22.8 Å². The van der Waals surface area contributed by atoms with E-state index < -0.39 is 0 Å². The minimum absolute atomic E-state index is 0.248. The Bertz CT molecular complexity index is 1030. The molecule has 1 aliphatic carbocycles. The topological polar surface area (TPSA) is 76.2 Å². The summed E-state index contributed by atoms with van der Waals surface area (Å²) in [5, 5.41) is 10.6. The molecule has 27 heavy (non-hydrogen) atoms. The van der Waals surface area contributed by atoms with Gasteiger partial charge in [0.15, 0.2) is 0 Å². The van der Waals surface area contributed by atoms with E-state index in [0.717, 1.165) is 35.4 Å². The van der Waals surface area contributed by atoms with E-state index in [1.54, 1.807) is 32.4 Å². The molecule has 1 amide bonds. The Kier molecular flexibility index (Phi) is 4.49. The van der Waals surface area contributed by atoms with Crippen molar-refractivity contribution in [1.29, 1.82) is 0 Å². The van der Waals surface area contributed by atoms with E-state index in [0.29, 0.717) is 22.2 Å². The molecule has 0 fully saturated rings. The number of hydrogen-bond donors (Lipinski definition) is 2. The first-order valence-corrected chi connectivity index (χ1v) is 8.88. The molecule has 2 aromatic carbocycles. The number of nitrogens with one attached hydrogen (secondary N) is 2. The van der Waals surface area contributed by atoms with Gasteiger partial charge in [-0.05, 0) is 54.8 Å². The van der Waals surface area contributed by atoms with E-state index >= 15 is 0 Å². The van der Waals surface area contributed by atoms with Crippen molar-refractivity contribution < 1.29 is 14.3 Å². The van der Waals surface area contributed by atoms with Crippen molar-refractivity contribution in [3.05, 3.63) is 58.2 Å². The number of nitrogens with zero attached hydrogens (tertiary/aromatic N) is 1. The number of rotatable bonds is 4. The highest BCUT2D eigenvalue weighted by atomic mass is 35.5. The van der Waals surface area contributed by atoms with Gasteiger partial charge in [0.2, 0.25) is 0 Å². The highest BCUT2D eigenvalue weighted by molar-refractivity contribution is 6.32. The van der Waals surface area contributed by atoms with Crippen LogP contribution in [-0.2, 0) is 12.8 Å². The van der Waals surface area contributed by atoms with Crippen LogP contribution in [0.2, 0.25) is 5.02 Å². The van der Waals surface area contributed by atoms with Gasteiger partial charge in [-0.1, -0.05) is 11.6 Å². The molecular weight excluding hydrogens is 366 g/mol. The summed E-state index contributed by atoms with van der Waals surface area (Å²) in [6, 6.07) is 11.0. The maximum Gasteiger partial charge on any atom is 0.273 e. The van der Waals surface area contributed by atoms with Gasteiger partial charge in [0.25, 0.3) is 5.91 Å². The van der Waals surface area contributed by atoms with E-state index in [4.69, 9.17) is 21.1 Å². The number of carbonyl (C=O) groups is 1. The molecule has 4 rings (SSSR count). The Hall–Kier alpha value is -2.99. The van der Waals surface area contributed by atoms with Crippen LogP contribution in [0, 0.1) is 0 Å². The Morgan fingerprint density at radius 1 is 1.15 bits per heavy atom. The molecule has 0 bridgehead atoms. The lowest BCUT2D eigenvalue weighted by Crippen LogP contribution is -2.15. The zero-order valence-electron chi connectivity index (χ0n) is 14.9. The summed E-state index contributed by atoms with van der Waals surface area (Å²) in [5.74, 6) is 1.13. The smallest absolute Gasteiger partial charge is 0.273 e. The second-order valence-electron chi connectivity index (χ2n) is 6.25. The van der Waals surface area contributed by atoms with E-state index in [-0.39, 0.29) is 5.91 Å². The number of H-pyrrole nitrogens is 1. The molecular formula is C20H18ClN3O3. The summed E-state index contributed by atoms with van der Waals surface area (Å²) in [5.41, 5.74) is 5.00. The quantitative estimate of drug-likeness (QED) is 0.711. The van der Waals surface area contributed by atoms with Crippen LogP contribution in [-0.4, -0.2) is 30.3 Å². The van der Waals surface area contributed by atoms with E-state index in [9.17, 15) is 4.79 Å². The third kappa shape index (κ3) is 3.13. The summed E-state index contributed by atoms with van der Waals surface area (Å²) in [4.78, 5) is 12.7. The zero-order valence-corrected chi connectivity index (χ0v) is 15.7. The number of aromatic amines is 1. The Labute approximate surface area is 161 Å². The molecule has 0 aliphatic heterocycles. The van der Waals surface area contributed by atoms with Crippen molar-refractivity contribution in [3.63, 3.8) is 0 Å². The molecule has 0 saturated heterocycles. The predicted molar refractivity (Wildman–Crippen MR) is 104 cm³/mol. The first kappa shape index (κ1) is 17.4. The standard InChI is InChI=1S/C20H18ClN3O3/c1-26-13-5-7-14-11(9-13)3-6-15-18(14)23-24-19(15)20(25)22-12-4-8-17(27-2)16(21)10-12/h4-5,7-10H,3,6H2,1-2H3,(H,22,25)(H,23,24). The monoisotopic (exact) mass is 383 g/mol. The highest BCUT2D eigenvalue weighted by Gasteiger charge is 2.25. The number of hydrogen-bond acceptors (Lipinski definition) is 4. The van der Waals surface area contributed by atoms with Gasteiger partial charge in [-0.2, -0.15) is 5.10 Å². The normalized spacial score (nSPS) is 12.1. The summed E-state index contributed by atoms with van der Waals surface area (Å²) in [6.45, 7) is 0. The number of aryl methyl sites for hydroxylation is 1. The number of fused-ring (bicyclic) bond motifs is 3. The van der Waals surface area contributed by atoms with Crippen LogP contribution in [0.3, 0.4) is 0 Å². The molecule has 1 heterocycles. The SMILES string of the molecule is COc1ccc2c(c1)CCc1c-2n[nH]c1C(=O)Nc1ccc(OC)c(Cl)c1. The van der Waals surface area contributed by atoms with Gasteiger partial charge < -0.3 is 14.8 Å². The van der Waals surface area contributed by atoms with Crippen molar-refractivity contribution in [2.24, 2.45) is 0 Å². The highest BCUT2D eigenvalue weighted by Crippen LogP contribution is 2.35. The number of halogens is 1. The molecule has 2 N–H and O–H groups in total. The lowest BCUT2D eigenvalue weighted by atomic mass is 9.89. The third-order valence-electron chi connectivity index (χ3n) is 4.72. The van der Waals surface area contributed by atoms with Gasteiger partial charge in [0.05, 0.1) is 24.9 Å². The first-order chi connectivity index (χ1) is 13.1. The van der Waals surface area contributed by atoms with Gasteiger partial charge >= 0.3 is 0 Å². The molecule has 6 nitrogen and oxygen atoms in total. The van der Waals surface area contributed by atoms with Gasteiger partial charge in [-0.15, -0.1) is 0 Å². The van der Waals surface area contributed by atoms with E-state index in [2.05, 4.69) is 15.5 Å². The number of carbonyl (C=O) groups excluding carboxylic acids is 1. The minimum Gasteiger partial charge on any atom is -0.497 e. The molecule has 3 aromatic rings. The van der Waals surface area contributed by atoms with Crippen molar-refractivity contribution >= 4 is 23.2 Å². The van der Waals surface area contributed by atoms with Gasteiger partial charge in [-0.25, -0.2) is 0 Å². The summed E-state index contributed by atoms with van der Waals surface area (Å²) in [6.07, 6.45) is 1.56. The molecule has 138 valence electrons. The molecule has 0 spiro atoms. The molecule has 0 radical (unpaired) electrons. The average Bonchev–Trinajstić information content (AvgIpc) is 3.12. The predicted octanol–water partition coefficient (Wildman–Crippen LogP) is 4.10. The second kappa shape index (κ2) is 6.96. The van der Waals surface area contributed by atoms with Crippen LogP contribution in [0.5, 0.6) is 11.5 Å². The lowest BCUT2D eigenvalue weighted by Gasteiger charge is -2.17. The third-order valence-corrected chi connectivity index (χ3v) is 5.01. The van der Waals surface area contributed by atoms with Gasteiger partial charge in [0.1, 0.15) is 17.2 Å². The van der Waals surface area contributed by atoms with Crippen LogP contribution in [0.25, 0.3) is 11.3 Å². The minimum atomic E-state index is -0.248. The fourth-order valence-electron chi connectivity index (χ4n) is 3.35. The second-order valence-corrected chi connectivity index (χ2v) is 6.66. The van der Waals surface area contributed by atoms with Gasteiger partial charge in [-0.3, -0.25) is 9.89 Å². The van der Waals surface area contributed by atoms with E-state index in [1.165, 1.54) is 5.56 Å². The largest absolute Gasteiger partial charge is 0.497 e. The summed E-state index contributed by atoms with van der Waals surface area (Å²) in [7, 11) is 3.20. The number of benzene rings is 2. The van der Waals surface area contributed by atoms with Crippen LogP contribution >= 0.6 is 11.6 Å². The molecule has 0 unspecified atom stereocenters. The maximum atomic E-state index is 12.7. The summed E-state index contributed by atoms with van der Waals surface area (Å²) < 4.78 is 10.4. The van der Waals surface area contributed by atoms with Crippen LogP contribution in [0.1, 0.15) is 21.6 Å². The average molecular weight is 384 g/mol. The molecule has 7 heteroatoms. The number of aromatic nitrogens is 2. The number of amides is 1. The van der Waals surface area contributed by atoms with Crippen molar-refractivity contribution in [2.75, 3.05) is 19.5 Å². The van der Waals surface area contributed by atoms with Crippen molar-refractivity contribution in [1.82, 2.24) is 10.2 Å². The molecule has 0 saturated carbocycles.